The summed E-state index contributed by atoms with van der Waals surface area (Å²) in [7, 11) is 1.60. The Bertz CT molecular complexity index is 1270. The van der Waals surface area contributed by atoms with Crippen LogP contribution in [0.3, 0.4) is 0 Å². The maximum absolute atomic E-state index is 13.8. The van der Waals surface area contributed by atoms with Gasteiger partial charge in [-0.25, -0.2) is 0 Å². The highest BCUT2D eigenvalue weighted by molar-refractivity contribution is 5.98. The van der Waals surface area contributed by atoms with E-state index in [1.807, 2.05) is 6.08 Å². The summed E-state index contributed by atoms with van der Waals surface area (Å²) >= 11 is 0. The van der Waals surface area contributed by atoms with Gasteiger partial charge in [-0.1, -0.05) is 31.2 Å². The topological polar surface area (TPSA) is 111 Å². The van der Waals surface area contributed by atoms with Gasteiger partial charge >= 0.3 is 18.3 Å². The van der Waals surface area contributed by atoms with E-state index in [0.717, 1.165) is 30.5 Å². The average molecular weight is 568 g/mol. The molecule has 13 heteroatoms. The quantitative estimate of drug-likeness (QED) is 0.282. The third-order valence-corrected chi connectivity index (χ3v) is 6.97. The second-order valence-corrected chi connectivity index (χ2v) is 9.70. The molecule has 10 nitrogen and oxygen atoms in total. The molecule has 1 aliphatic carbocycles. The maximum atomic E-state index is 13.8. The van der Waals surface area contributed by atoms with Gasteiger partial charge < -0.3 is 24.4 Å². The molecular formula is C27H34F3N4O6+. The Morgan fingerprint density at radius 1 is 1.25 bits per heavy atom. The summed E-state index contributed by atoms with van der Waals surface area (Å²) in [6.07, 6.45) is 3.13. The third-order valence-electron chi connectivity index (χ3n) is 6.97. The fourth-order valence-electron chi connectivity index (χ4n) is 4.66. The number of aliphatic hydroxyl groups excluding tert-OH is 1. The van der Waals surface area contributed by atoms with Crippen molar-refractivity contribution in [1.29, 1.82) is 0 Å². The van der Waals surface area contributed by atoms with Crippen LogP contribution in [0.4, 0.5) is 19.0 Å². The molecule has 2 atom stereocenters. The van der Waals surface area contributed by atoms with Crippen LogP contribution in [-0.2, 0) is 11.3 Å². The predicted octanol–water partition coefficient (Wildman–Crippen LogP) is 3.47. The van der Waals surface area contributed by atoms with E-state index in [1.165, 1.54) is 28.9 Å². The van der Waals surface area contributed by atoms with Crippen molar-refractivity contribution >= 4 is 11.7 Å². The molecule has 2 aliphatic rings. The number of anilines is 1. The van der Waals surface area contributed by atoms with Crippen LogP contribution in [0.15, 0.2) is 48.1 Å². The molecule has 40 heavy (non-hydrogen) atoms. The number of H-pyrrole nitrogens is 1. The van der Waals surface area contributed by atoms with Crippen LogP contribution in [-0.4, -0.2) is 71.6 Å². The van der Waals surface area contributed by atoms with Gasteiger partial charge in [0.1, 0.15) is 18.0 Å². The van der Waals surface area contributed by atoms with Crippen molar-refractivity contribution in [3.05, 3.63) is 53.8 Å². The molecule has 2 aromatic rings. The lowest BCUT2D eigenvalue weighted by molar-refractivity contribution is -0.693. The average Bonchev–Trinajstić information content (AvgIpc) is 3.24. The number of rotatable bonds is 11. The Labute approximate surface area is 229 Å². The third kappa shape index (κ3) is 6.43. The lowest BCUT2D eigenvalue weighted by Crippen LogP contribution is -2.65. The van der Waals surface area contributed by atoms with Crippen LogP contribution >= 0.6 is 0 Å². The minimum atomic E-state index is -4.87. The van der Waals surface area contributed by atoms with Gasteiger partial charge in [0.25, 0.3) is 11.5 Å². The lowest BCUT2D eigenvalue weighted by atomic mass is 9.94. The van der Waals surface area contributed by atoms with E-state index < -0.39 is 23.9 Å². The fraction of sp³-hybridized carbons (Fsp3) is 0.481. The van der Waals surface area contributed by atoms with E-state index in [0.29, 0.717) is 5.92 Å². The number of fused-ring (bicyclic) bond motifs is 1. The molecule has 1 aromatic carbocycles. The number of alkyl halides is 3. The fourth-order valence-corrected chi connectivity index (χ4v) is 4.66. The van der Waals surface area contributed by atoms with Gasteiger partial charge in [-0.3, -0.25) is 14.6 Å². The molecule has 0 saturated heterocycles. The standard InChI is InChI=1S/C27H33F3N4O6/c1-4-18-8-10-19(11-9-18)17-33-22-23(32(3)26(2,37)34(24(22)36)12-14-38-15-13-35)31-25(33)39-20-6-5-7-21(16-20)40-27(28,29)30/h5-8,10-11,16,18,35,37H,4,9,12-15,17H2,1-3H3/p+1. The van der Waals surface area contributed by atoms with Crippen molar-refractivity contribution in [1.82, 2.24) is 9.88 Å². The molecule has 2 heterocycles. The maximum Gasteiger partial charge on any atom is 0.573 e. The normalized spacial score (nSPS) is 20.9. The molecule has 4 rings (SSSR count). The minimum absolute atomic E-state index is 0.0363. The van der Waals surface area contributed by atoms with E-state index in [4.69, 9.17) is 14.6 Å². The second kappa shape index (κ2) is 11.9. The Morgan fingerprint density at radius 3 is 2.65 bits per heavy atom. The van der Waals surface area contributed by atoms with Crippen LogP contribution in [0.25, 0.3) is 0 Å². The van der Waals surface area contributed by atoms with E-state index in [9.17, 15) is 23.1 Å². The van der Waals surface area contributed by atoms with E-state index in [1.54, 1.807) is 11.6 Å². The number of hydrogen-bond donors (Lipinski definition) is 3. The largest absolute Gasteiger partial charge is 0.573 e. The number of imidazole rings is 1. The first-order valence-corrected chi connectivity index (χ1v) is 13.0. The zero-order chi connectivity index (χ0) is 29.1. The number of carbonyl (C=O) groups excluding carboxylic acids is 1. The Morgan fingerprint density at radius 2 is 2.00 bits per heavy atom. The number of allylic oxidation sites excluding steroid dienone is 4. The van der Waals surface area contributed by atoms with Crippen molar-refractivity contribution in [2.24, 2.45) is 5.92 Å². The molecule has 1 amide bonds. The Kier molecular flexibility index (Phi) is 8.76. The number of nitrogens with zero attached hydrogens (tertiary/aromatic N) is 3. The van der Waals surface area contributed by atoms with Crippen LogP contribution in [0.5, 0.6) is 17.5 Å². The van der Waals surface area contributed by atoms with Crippen molar-refractivity contribution < 1.29 is 47.0 Å². The van der Waals surface area contributed by atoms with Crippen molar-refractivity contribution in [2.45, 2.75) is 45.4 Å². The molecule has 0 fully saturated rings. The van der Waals surface area contributed by atoms with Gasteiger partial charge in [0.05, 0.1) is 19.8 Å². The summed E-state index contributed by atoms with van der Waals surface area (Å²) in [5, 5.41) is 20.3. The van der Waals surface area contributed by atoms with Crippen LogP contribution in [0.1, 0.15) is 37.2 Å². The molecule has 0 bridgehead atoms. The van der Waals surface area contributed by atoms with E-state index >= 15 is 0 Å². The van der Waals surface area contributed by atoms with Gasteiger partial charge in [-0.15, -0.1) is 13.2 Å². The summed E-state index contributed by atoms with van der Waals surface area (Å²) in [5.41, 5.74) is 1.11. The number of carbonyl (C=O) groups is 1. The van der Waals surface area contributed by atoms with Crippen LogP contribution in [0.2, 0.25) is 0 Å². The van der Waals surface area contributed by atoms with Gasteiger partial charge in [0.15, 0.2) is 0 Å². The first kappa shape index (κ1) is 29.4. The van der Waals surface area contributed by atoms with Crippen molar-refractivity contribution in [3.63, 3.8) is 0 Å². The molecule has 3 N–H and O–H groups in total. The summed E-state index contributed by atoms with van der Waals surface area (Å²) in [5.74, 6) is -1.97. The SMILES string of the molecule is CCC1C=CC(C[n+]2c(Oc3cccc(OC(F)(F)F)c3)[nH]c3c2C(=O)N(CCOCCO)C(C)(O)N3C)=CC1. The van der Waals surface area contributed by atoms with E-state index in [2.05, 4.69) is 28.8 Å². The highest BCUT2D eigenvalue weighted by Crippen LogP contribution is 2.36. The molecule has 0 saturated carbocycles. The van der Waals surface area contributed by atoms with Gasteiger partial charge in [0.2, 0.25) is 5.85 Å². The zero-order valence-electron chi connectivity index (χ0n) is 22.6. The number of aromatic nitrogens is 2. The highest BCUT2D eigenvalue weighted by Gasteiger charge is 2.51. The zero-order valence-corrected chi connectivity index (χ0v) is 22.6. The summed E-state index contributed by atoms with van der Waals surface area (Å²) in [4.78, 5) is 19.6. The van der Waals surface area contributed by atoms with Crippen LogP contribution < -0.4 is 18.9 Å². The number of aromatic amines is 1. The van der Waals surface area contributed by atoms with Crippen molar-refractivity contribution in [3.8, 4) is 17.5 Å². The number of nitrogens with one attached hydrogen (secondary N) is 1. The smallest absolute Gasteiger partial charge is 0.406 e. The Hall–Kier alpha value is -3.55. The molecule has 218 valence electrons. The minimum Gasteiger partial charge on any atom is -0.406 e. The second-order valence-electron chi connectivity index (χ2n) is 9.70. The number of amides is 1. The molecule has 2 unspecified atom stereocenters. The lowest BCUT2D eigenvalue weighted by Gasteiger charge is -2.44. The van der Waals surface area contributed by atoms with Gasteiger partial charge in [0, 0.05) is 26.6 Å². The highest BCUT2D eigenvalue weighted by atomic mass is 19.4. The number of hydrogen-bond acceptors (Lipinski definition) is 7. The summed E-state index contributed by atoms with van der Waals surface area (Å²) < 4.78 is 55.3. The van der Waals surface area contributed by atoms with Gasteiger partial charge in [-0.05, 0) is 36.5 Å². The molecule has 0 spiro atoms. The number of ether oxygens (including phenoxy) is 3. The Balaban J connectivity index is 1.73. The molecule has 0 radical (unpaired) electrons. The van der Waals surface area contributed by atoms with Crippen molar-refractivity contribution in [2.75, 3.05) is 38.3 Å². The van der Waals surface area contributed by atoms with E-state index in [-0.39, 0.29) is 56.2 Å². The number of benzene rings is 1. The van der Waals surface area contributed by atoms with Crippen LogP contribution in [0, 0.1) is 5.92 Å². The summed E-state index contributed by atoms with van der Waals surface area (Å²) in [6.45, 7) is 3.82. The number of aliphatic hydroxyl groups is 2. The van der Waals surface area contributed by atoms with Gasteiger partial charge in [-0.2, -0.15) is 9.55 Å². The molecule has 1 aliphatic heterocycles. The predicted molar refractivity (Wildman–Crippen MR) is 138 cm³/mol. The number of halogens is 3. The monoisotopic (exact) mass is 567 g/mol. The first-order valence-electron chi connectivity index (χ1n) is 13.0. The molecular weight excluding hydrogens is 533 g/mol. The first-order chi connectivity index (χ1) is 18.9. The molecule has 1 aromatic heterocycles. The summed E-state index contributed by atoms with van der Waals surface area (Å²) in [6, 6.07) is 5.15.